The lowest BCUT2D eigenvalue weighted by molar-refractivity contribution is -0.137. The molecule has 0 bridgehead atoms. The van der Waals surface area contributed by atoms with E-state index < -0.39 is 11.7 Å². The van der Waals surface area contributed by atoms with E-state index in [1.54, 1.807) is 0 Å². The summed E-state index contributed by atoms with van der Waals surface area (Å²) in [5.41, 5.74) is 1.35. The van der Waals surface area contributed by atoms with E-state index in [1.165, 1.54) is 5.56 Å². The molecule has 0 aliphatic rings. The highest BCUT2D eigenvalue weighted by molar-refractivity contribution is 6.33. The Morgan fingerprint density at radius 1 is 1.00 bits per heavy atom. The largest absolute Gasteiger partial charge is 0.416 e. The molecule has 0 unspecified atom stereocenters. The number of anilines is 1. The fraction of sp³-hybridized carbons (Fsp3) is 0.350. The minimum Gasteiger partial charge on any atom is -0.325 e. The van der Waals surface area contributed by atoms with Gasteiger partial charge in [0.05, 0.1) is 16.3 Å². The molecule has 0 heterocycles. The quantitative estimate of drug-likeness (QED) is 0.666. The second-order valence-electron chi connectivity index (χ2n) is 7.19. The van der Waals surface area contributed by atoms with Crippen molar-refractivity contribution in [2.24, 2.45) is 0 Å². The Morgan fingerprint density at radius 3 is 2.12 bits per heavy atom. The summed E-state index contributed by atoms with van der Waals surface area (Å²) in [6.07, 6.45) is -3.84. The van der Waals surface area contributed by atoms with Gasteiger partial charge in [-0.05, 0) is 41.2 Å². The van der Waals surface area contributed by atoms with Crippen molar-refractivity contribution in [3.8, 4) is 0 Å². The molecule has 2 aromatic rings. The third-order valence-electron chi connectivity index (χ3n) is 4.03. The number of carbonyl (C=O) groups excluding carboxylic acids is 1. The fourth-order valence-electron chi connectivity index (χ4n) is 2.44. The number of hydrogen-bond acceptors (Lipinski definition) is 1. The van der Waals surface area contributed by atoms with E-state index in [0.717, 1.165) is 23.8 Å². The Hall–Kier alpha value is -2.01. The topological polar surface area (TPSA) is 29.1 Å². The standard InChI is InChI=1S/C20H21ClF3NO/c1-19(2,3)14-7-4-13(5-8-14)6-11-18(26)25-17-12-15(20(22,23)24)9-10-16(17)21/h4-5,7-10,12H,6,11H2,1-3H3,(H,25,26). The SMILES string of the molecule is CC(C)(C)c1ccc(CCC(=O)Nc2cc(C(F)(F)F)ccc2Cl)cc1. The maximum Gasteiger partial charge on any atom is 0.416 e. The first kappa shape index (κ1) is 20.3. The molecular weight excluding hydrogens is 363 g/mol. The van der Waals surface area contributed by atoms with Gasteiger partial charge < -0.3 is 5.32 Å². The lowest BCUT2D eigenvalue weighted by Gasteiger charge is -2.19. The molecule has 0 spiro atoms. The average molecular weight is 384 g/mol. The molecule has 2 nitrogen and oxygen atoms in total. The molecule has 6 heteroatoms. The predicted molar refractivity (Wildman–Crippen MR) is 98.5 cm³/mol. The van der Waals surface area contributed by atoms with Crippen molar-refractivity contribution < 1.29 is 18.0 Å². The number of alkyl halides is 3. The molecular formula is C20H21ClF3NO. The predicted octanol–water partition coefficient (Wildman–Crippen LogP) is 6.23. The van der Waals surface area contributed by atoms with Crippen molar-refractivity contribution in [1.29, 1.82) is 0 Å². The van der Waals surface area contributed by atoms with Crippen LogP contribution in [0.4, 0.5) is 18.9 Å². The monoisotopic (exact) mass is 383 g/mol. The van der Waals surface area contributed by atoms with Crippen molar-refractivity contribution in [2.45, 2.75) is 45.2 Å². The van der Waals surface area contributed by atoms with Gasteiger partial charge in [0.15, 0.2) is 0 Å². The fourth-order valence-corrected chi connectivity index (χ4v) is 2.60. The third-order valence-corrected chi connectivity index (χ3v) is 4.36. The molecule has 26 heavy (non-hydrogen) atoms. The Bertz CT molecular complexity index is 777. The highest BCUT2D eigenvalue weighted by Crippen LogP contribution is 2.33. The van der Waals surface area contributed by atoms with Crippen LogP contribution in [0, 0.1) is 0 Å². The van der Waals surface area contributed by atoms with Crippen molar-refractivity contribution in [3.63, 3.8) is 0 Å². The number of rotatable bonds is 4. The molecule has 0 fully saturated rings. The second kappa shape index (κ2) is 7.70. The Balaban J connectivity index is 1.99. The Morgan fingerprint density at radius 2 is 1.58 bits per heavy atom. The van der Waals surface area contributed by atoms with Crippen molar-refractivity contribution in [2.75, 3.05) is 5.32 Å². The lowest BCUT2D eigenvalue weighted by atomic mass is 9.86. The van der Waals surface area contributed by atoms with Crippen LogP contribution in [-0.4, -0.2) is 5.91 Å². The zero-order valence-electron chi connectivity index (χ0n) is 14.9. The smallest absolute Gasteiger partial charge is 0.325 e. The van der Waals surface area contributed by atoms with Crippen LogP contribution in [0.1, 0.15) is 43.9 Å². The molecule has 0 aliphatic heterocycles. The van der Waals surface area contributed by atoms with Crippen LogP contribution in [0.3, 0.4) is 0 Å². The Kier molecular flexibility index (Phi) is 6.02. The molecule has 0 aromatic heterocycles. The molecule has 1 N–H and O–H groups in total. The van der Waals surface area contributed by atoms with Crippen LogP contribution >= 0.6 is 11.6 Å². The van der Waals surface area contributed by atoms with E-state index in [4.69, 9.17) is 11.6 Å². The summed E-state index contributed by atoms with van der Waals surface area (Å²) in [6.45, 7) is 6.36. The van der Waals surface area contributed by atoms with Gasteiger partial charge in [0.25, 0.3) is 0 Å². The molecule has 1 amide bonds. The van der Waals surface area contributed by atoms with Crippen LogP contribution in [0.2, 0.25) is 5.02 Å². The number of benzene rings is 2. The average Bonchev–Trinajstić information content (AvgIpc) is 2.53. The van der Waals surface area contributed by atoms with E-state index in [0.29, 0.717) is 6.42 Å². The number of carbonyl (C=O) groups is 1. The normalized spacial score (nSPS) is 12.1. The summed E-state index contributed by atoms with van der Waals surface area (Å²) in [7, 11) is 0. The number of aryl methyl sites for hydroxylation is 1. The van der Waals surface area contributed by atoms with E-state index in [9.17, 15) is 18.0 Å². The van der Waals surface area contributed by atoms with Crippen LogP contribution in [0.15, 0.2) is 42.5 Å². The summed E-state index contributed by atoms with van der Waals surface area (Å²) in [4.78, 5) is 12.1. The van der Waals surface area contributed by atoms with Gasteiger partial charge in [0.1, 0.15) is 0 Å². The maximum atomic E-state index is 12.8. The first-order valence-corrected chi connectivity index (χ1v) is 8.60. The molecule has 0 atom stereocenters. The van der Waals surface area contributed by atoms with Crippen LogP contribution < -0.4 is 5.32 Å². The number of hydrogen-bond donors (Lipinski definition) is 1. The molecule has 0 aliphatic carbocycles. The molecule has 140 valence electrons. The second-order valence-corrected chi connectivity index (χ2v) is 7.59. The van der Waals surface area contributed by atoms with E-state index in [1.807, 2.05) is 24.3 Å². The molecule has 0 saturated carbocycles. The zero-order chi connectivity index (χ0) is 19.5. The van der Waals surface area contributed by atoms with Crippen molar-refractivity contribution >= 4 is 23.2 Å². The molecule has 2 rings (SSSR count). The minimum absolute atomic E-state index is 0.0328. The summed E-state index contributed by atoms with van der Waals surface area (Å²) < 4.78 is 38.3. The van der Waals surface area contributed by atoms with E-state index in [-0.39, 0.29) is 28.5 Å². The van der Waals surface area contributed by atoms with Crippen LogP contribution in [0.5, 0.6) is 0 Å². The van der Waals surface area contributed by atoms with Gasteiger partial charge in [0, 0.05) is 6.42 Å². The first-order chi connectivity index (χ1) is 12.0. The summed E-state index contributed by atoms with van der Waals surface area (Å²) in [5, 5.41) is 2.53. The molecule has 2 aromatic carbocycles. The van der Waals surface area contributed by atoms with Gasteiger partial charge in [-0.25, -0.2) is 0 Å². The number of amides is 1. The third kappa shape index (κ3) is 5.49. The van der Waals surface area contributed by atoms with Gasteiger partial charge >= 0.3 is 6.18 Å². The Labute approximate surface area is 156 Å². The van der Waals surface area contributed by atoms with Gasteiger partial charge in [0.2, 0.25) is 5.91 Å². The van der Waals surface area contributed by atoms with Gasteiger partial charge in [-0.3, -0.25) is 4.79 Å². The van der Waals surface area contributed by atoms with Crippen LogP contribution in [0.25, 0.3) is 0 Å². The summed E-state index contributed by atoms with van der Waals surface area (Å²) in [6, 6.07) is 10.8. The van der Waals surface area contributed by atoms with E-state index >= 15 is 0 Å². The molecule has 0 saturated heterocycles. The van der Waals surface area contributed by atoms with E-state index in [2.05, 4.69) is 26.1 Å². The van der Waals surface area contributed by atoms with Crippen molar-refractivity contribution in [3.05, 3.63) is 64.2 Å². The van der Waals surface area contributed by atoms with Crippen LogP contribution in [-0.2, 0) is 22.8 Å². The first-order valence-electron chi connectivity index (χ1n) is 8.23. The highest BCUT2D eigenvalue weighted by Gasteiger charge is 2.31. The van der Waals surface area contributed by atoms with Gasteiger partial charge in [-0.1, -0.05) is 56.6 Å². The van der Waals surface area contributed by atoms with Gasteiger partial charge in [-0.15, -0.1) is 0 Å². The summed E-state index contributed by atoms with van der Waals surface area (Å²) in [5.74, 6) is -0.383. The number of nitrogens with one attached hydrogen (secondary N) is 1. The molecule has 0 radical (unpaired) electrons. The lowest BCUT2D eigenvalue weighted by Crippen LogP contribution is -2.14. The van der Waals surface area contributed by atoms with Crippen molar-refractivity contribution in [1.82, 2.24) is 0 Å². The minimum atomic E-state index is -4.49. The summed E-state index contributed by atoms with van der Waals surface area (Å²) >= 11 is 5.89. The zero-order valence-corrected chi connectivity index (χ0v) is 15.6. The van der Waals surface area contributed by atoms with Gasteiger partial charge in [-0.2, -0.15) is 13.2 Å². The highest BCUT2D eigenvalue weighted by atomic mass is 35.5. The number of halogens is 4. The maximum absolute atomic E-state index is 12.8.